The number of aromatic nitrogens is 7. The van der Waals surface area contributed by atoms with Gasteiger partial charge in [-0.25, -0.2) is 14.4 Å². The van der Waals surface area contributed by atoms with Crippen LogP contribution in [0.2, 0.25) is 0 Å². The SMILES string of the molecule is CC(=O)c1ccc(-c2nccc3[nH]c(-c4[nH]nc5ncc(-c6cncc(NC(O)C(C)(C)C)c6)c(F)c45)nc23)s1. The van der Waals surface area contributed by atoms with Crippen LogP contribution in [-0.4, -0.2) is 52.2 Å². The highest BCUT2D eigenvalue weighted by Crippen LogP contribution is 2.36. The van der Waals surface area contributed by atoms with E-state index >= 15 is 4.39 Å². The van der Waals surface area contributed by atoms with Gasteiger partial charge in [-0.3, -0.25) is 19.9 Å². The number of anilines is 1. The fourth-order valence-electron chi connectivity index (χ4n) is 4.25. The number of aliphatic hydroxyl groups excluding tert-OH is 1. The van der Waals surface area contributed by atoms with Crippen molar-refractivity contribution in [3.63, 3.8) is 0 Å². The lowest BCUT2D eigenvalue weighted by Crippen LogP contribution is -2.33. The van der Waals surface area contributed by atoms with Gasteiger partial charge in [0, 0.05) is 35.1 Å². The van der Waals surface area contributed by atoms with Gasteiger partial charge in [0.1, 0.15) is 28.9 Å². The van der Waals surface area contributed by atoms with Gasteiger partial charge >= 0.3 is 0 Å². The van der Waals surface area contributed by atoms with Crippen molar-refractivity contribution in [2.75, 3.05) is 5.32 Å². The molecule has 1 unspecified atom stereocenters. The van der Waals surface area contributed by atoms with Crippen LogP contribution in [0, 0.1) is 11.2 Å². The number of nitrogens with zero attached hydrogens (tertiary/aromatic N) is 5. The molecule has 0 bridgehead atoms. The van der Waals surface area contributed by atoms with Gasteiger partial charge < -0.3 is 15.4 Å². The van der Waals surface area contributed by atoms with Gasteiger partial charge in [-0.2, -0.15) is 5.10 Å². The zero-order valence-corrected chi connectivity index (χ0v) is 22.9. The Kier molecular flexibility index (Phi) is 6.15. The molecule has 6 rings (SSSR count). The Balaban J connectivity index is 1.42. The molecule has 0 aliphatic rings. The normalized spacial score (nSPS) is 12.8. The lowest BCUT2D eigenvalue weighted by Gasteiger charge is -2.27. The summed E-state index contributed by atoms with van der Waals surface area (Å²) in [5.41, 5.74) is 3.29. The van der Waals surface area contributed by atoms with Gasteiger partial charge in [-0.1, -0.05) is 20.8 Å². The second kappa shape index (κ2) is 9.57. The first kappa shape index (κ1) is 25.7. The van der Waals surface area contributed by atoms with E-state index in [0.717, 1.165) is 4.88 Å². The van der Waals surface area contributed by atoms with E-state index < -0.39 is 17.5 Å². The molecule has 12 heteroatoms. The molecule has 0 radical (unpaired) electrons. The van der Waals surface area contributed by atoms with Crippen molar-refractivity contribution >= 4 is 44.9 Å². The Morgan fingerprint density at radius 3 is 2.73 bits per heavy atom. The maximum absolute atomic E-state index is 16.1. The van der Waals surface area contributed by atoms with Crippen molar-refractivity contribution < 1.29 is 14.3 Å². The number of H-pyrrole nitrogens is 2. The summed E-state index contributed by atoms with van der Waals surface area (Å²) in [7, 11) is 0. The molecule has 0 amide bonds. The molecule has 1 atom stereocenters. The fourth-order valence-corrected chi connectivity index (χ4v) is 5.15. The van der Waals surface area contributed by atoms with E-state index in [-0.39, 0.29) is 22.4 Å². The topological polar surface area (TPSA) is 145 Å². The lowest BCUT2D eigenvalue weighted by molar-refractivity contribution is 0.0880. The number of fused-ring (bicyclic) bond motifs is 2. The molecular formula is C28H25FN8O2S. The summed E-state index contributed by atoms with van der Waals surface area (Å²) >= 11 is 1.34. The molecule has 0 saturated carbocycles. The van der Waals surface area contributed by atoms with Crippen LogP contribution in [0.25, 0.3) is 55.3 Å². The van der Waals surface area contributed by atoms with Crippen molar-refractivity contribution in [2.24, 2.45) is 5.41 Å². The summed E-state index contributed by atoms with van der Waals surface area (Å²) in [6.45, 7) is 7.23. The van der Waals surface area contributed by atoms with Crippen LogP contribution in [0.5, 0.6) is 0 Å². The number of rotatable bonds is 6. The Hall–Kier alpha value is -4.55. The van der Waals surface area contributed by atoms with Gasteiger partial charge in [0.05, 0.1) is 32.5 Å². The van der Waals surface area contributed by atoms with Crippen LogP contribution in [0.15, 0.2) is 49.1 Å². The van der Waals surface area contributed by atoms with Crippen LogP contribution >= 0.6 is 11.3 Å². The van der Waals surface area contributed by atoms with Crippen LogP contribution in [0.3, 0.4) is 0 Å². The number of pyridine rings is 3. The minimum atomic E-state index is -0.828. The number of aliphatic hydroxyl groups is 1. The molecule has 4 N–H and O–H groups in total. The van der Waals surface area contributed by atoms with Crippen LogP contribution < -0.4 is 5.32 Å². The van der Waals surface area contributed by atoms with Crippen LogP contribution in [-0.2, 0) is 0 Å². The summed E-state index contributed by atoms with van der Waals surface area (Å²) in [5.74, 6) is -0.183. The van der Waals surface area contributed by atoms with Gasteiger partial charge in [-0.05, 0) is 31.2 Å². The Bertz CT molecular complexity index is 1900. The number of imidazole rings is 1. The average Bonchev–Trinajstić information content (AvgIpc) is 3.66. The molecular weight excluding hydrogens is 531 g/mol. The quantitative estimate of drug-likeness (QED) is 0.149. The van der Waals surface area contributed by atoms with Gasteiger partial charge in [-0.15, -0.1) is 11.3 Å². The highest BCUT2D eigenvalue weighted by molar-refractivity contribution is 7.17. The van der Waals surface area contributed by atoms with E-state index in [1.807, 2.05) is 26.8 Å². The minimum absolute atomic E-state index is 0.0178. The number of thiophene rings is 1. The maximum atomic E-state index is 16.1. The first-order chi connectivity index (χ1) is 19.1. The Morgan fingerprint density at radius 1 is 1.15 bits per heavy atom. The highest BCUT2D eigenvalue weighted by Gasteiger charge is 2.24. The number of halogens is 1. The van der Waals surface area contributed by atoms with Crippen molar-refractivity contribution in [3.8, 4) is 33.2 Å². The summed E-state index contributed by atoms with van der Waals surface area (Å²) in [6, 6.07) is 7.10. The zero-order chi connectivity index (χ0) is 28.2. The van der Waals surface area contributed by atoms with E-state index in [2.05, 4.69) is 35.5 Å². The number of ketones is 1. The van der Waals surface area contributed by atoms with Crippen molar-refractivity contribution in [1.82, 2.24) is 35.1 Å². The number of hydrogen-bond donors (Lipinski definition) is 4. The molecule has 0 saturated heterocycles. The van der Waals surface area contributed by atoms with Crippen molar-refractivity contribution in [3.05, 3.63) is 59.7 Å². The number of aromatic amines is 2. The second-order valence-electron chi connectivity index (χ2n) is 10.5. The first-order valence-electron chi connectivity index (χ1n) is 12.5. The second-order valence-corrected chi connectivity index (χ2v) is 11.6. The number of carbonyl (C=O) groups excluding carboxylic acids is 1. The Morgan fingerprint density at radius 2 is 1.98 bits per heavy atom. The Labute approximate surface area is 231 Å². The van der Waals surface area contributed by atoms with E-state index in [0.29, 0.717) is 44.4 Å². The first-order valence-corrected chi connectivity index (χ1v) is 13.3. The predicted octanol–water partition coefficient (Wildman–Crippen LogP) is 5.80. The highest BCUT2D eigenvalue weighted by atomic mass is 32.1. The van der Waals surface area contributed by atoms with E-state index in [9.17, 15) is 9.90 Å². The van der Waals surface area contributed by atoms with E-state index in [1.165, 1.54) is 30.7 Å². The number of nitrogens with one attached hydrogen (secondary N) is 3. The monoisotopic (exact) mass is 556 g/mol. The van der Waals surface area contributed by atoms with Crippen LogP contribution in [0.1, 0.15) is 37.4 Å². The largest absolute Gasteiger partial charge is 0.373 e. The molecule has 0 aliphatic carbocycles. The number of carbonyl (C=O) groups is 1. The molecule has 202 valence electrons. The number of Topliss-reactive ketones (excluding diaryl/α,β-unsaturated/α-hetero) is 1. The summed E-state index contributed by atoms with van der Waals surface area (Å²) in [6.07, 6.45) is 5.34. The summed E-state index contributed by atoms with van der Waals surface area (Å²) in [4.78, 5) is 34.3. The lowest BCUT2D eigenvalue weighted by atomic mass is 9.94. The zero-order valence-electron chi connectivity index (χ0n) is 22.1. The van der Waals surface area contributed by atoms with E-state index in [1.54, 1.807) is 30.6 Å². The average molecular weight is 557 g/mol. The summed E-state index contributed by atoms with van der Waals surface area (Å²) in [5, 5.41) is 20.7. The minimum Gasteiger partial charge on any atom is -0.373 e. The van der Waals surface area contributed by atoms with Gasteiger partial charge in [0.25, 0.3) is 0 Å². The standard InChI is InChI=1S/C28H25FN8O2S/c1-13(38)18-5-6-19(40-18)23-22-17(7-8-31-23)34-26(35-22)24-20-21(29)16(12-32-25(20)37-36-24)14-9-15(11-30-10-14)33-27(39)28(2,3)4/h5-12,27,33,39H,1-4H3,(H,34,35)(H,32,36,37). The number of hydrogen-bond acceptors (Lipinski definition) is 9. The predicted molar refractivity (Wildman–Crippen MR) is 152 cm³/mol. The van der Waals surface area contributed by atoms with Gasteiger partial charge in [0.2, 0.25) is 0 Å². The third-order valence-corrected chi connectivity index (χ3v) is 7.71. The fraction of sp³-hybridized carbons (Fsp3) is 0.214. The third-order valence-electron chi connectivity index (χ3n) is 6.52. The maximum Gasteiger partial charge on any atom is 0.184 e. The molecule has 10 nitrogen and oxygen atoms in total. The smallest absolute Gasteiger partial charge is 0.184 e. The molecule has 0 spiro atoms. The van der Waals surface area contributed by atoms with E-state index in [4.69, 9.17) is 4.98 Å². The summed E-state index contributed by atoms with van der Waals surface area (Å²) < 4.78 is 16.1. The molecule has 40 heavy (non-hydrogen) atoms. The molecule has 0 aliphatic heterocycles. The van der Waals surface area contributed by atoms with Crippen LogP contribution in [0.4, 0.5) is 10.1 Å². The molecule has 6 aromatic rings. The van der Waals surface area contributed by atoms with Crippen molar-refractivity contribution in [1.29, 1.82) is 0 Å². The molecule has 6 heterocycles. The van der Waals surface area contributed by atoms with Gasteiger partial charge in [0.15, 0.2) is 17.3 Å². The third kappa shape index (κ3) is 4.50. The van der Waals surface area contributed by atoms with Crippen molar-refractivity contribution in [2.45, 2.75) is 33.9 Å². The molecule has 0 aromatic carbocycles. The molecule has 6 aromatic heterocycles. The molecule has 0 fully saturated rings.